The molecular formula is C38H52N2O7. The van der Waals surface area contributed by atoms with Gasteiger partial charge >= 0.3 is 12.1 Å². The minimum atomic E-state index is -0.792. The summed E-state index contributed by atoms with van der Waals surface area (Å²) in [4.78, 5) is 33.6. The first kappa shape index (κ1) is 36.0. The second-order valence-corrected chi connectivity index (χ2v) is 13.6. The molecule has 0 saturated heterocycles. The van der Waals surface area contributed by atoms with Crippen LogP contribution in [-0.4, -0.2) is 53.3 Å². The Labute approximate surface area is 279 Å². The first-order valence-corrected chi connectivity index (χ1v) is 16.9. The van der Waals surface area contributed by atoms with Gasteiger partial charge < -0.3 is 23.4 Å². The normalized spacial score (nSPS) is 17.3. The fourth-order valence-electron chi connectivity index (χ4n) is 5.95. The smallest absolute Gasteiger partial charge is 0.415 e. The summed E-state index contributed by atoms with van der Waals surface area (Å²) in [5.41, 5.74) is 2.27. The highest BCUT2D eigenvalue weighted by Gasteiger charge is 2.38. The van der Waals surface area contributed by atoms with Gasteiger partial charge in [0.1, 0.15) is 34.6 Å². The number of nitrogens with zero attached hydrogens (tertiary/aromatic N) is 2. The molecule has 0 aliphatic heterocycles. The van der Waals surface area contributed by atoms with Crippen LogP contribution in [0.1, 0.15) is 90.2 Å². The average Bonchev–Trinajstić information content (AvgIpc) is 3.42. The summed E-state index contributed by atoms with van der Waals surface area (Å²) in [5, 5.41) is 0. The second kappa shape index (κ2) is 16.3. The van der Waals surface area contributed by atoms with Crippen molar-refractivity contribution in [2.45, 2.75) is 111 Å². The minimum Gasteiger partial charge on any atom is -0.497 e. The highest BCUT2D eigenvalue weighted by Crippen LogP contribution is 2.32. The number of aryl methyl sites for hydroxylation is 2. The zero-order valence-corrected chi connectivity index (χ0v) is 29.3. The Morgan fingerprint density at radius 2 is 1.79 bits per heavy atom. The molecule has 0 N–H and O–H groups in total. The summed E-state index contributed by atoms with van der Waals surface area (Å²) < 4.78 is 29.3. The summed E-state index contributed by atoms with van der Waals surface area (Å²) >= 11 is 0. The molecule has 2 aromatic carbocycles. The topological polar surface area (TPSA) is 100 Å². The Bertz CT molecular complexity index is 1460. The summed E-state index contributed by atoms with van der Waals surface area (Å²) in [6, 6.07) is 14.1. The van der Waals surface area contributed by atoms with Gasteiger partial charge in [0.15, 0.2) is 0 Å². The molecule has 1 aliphatic rings. The van der Waals surface area contributed by atoms with E-state index in [9.17, 15) is 9.59 Å². The third-order valence-corrected chi connectivity index (χ3v) is 9.06. The summed E-state index contributed by atoms with van der Waals surface area (Å²) in [6.45, 7) is 14.3. The molecule has 1 aromatic heterocycles. The number of oxazole rings is 1. The predicted octanol–water partition coefficient (Wildman–Crippen LogP) is 8.69. The van der Waals surface area contributed by atoms with Crippen molar-refractivity contribution in [3.05, 3.63) is 65.5 Å². The van der Waals surface area contributed by atoms with Crippen molar-refractivity contribution in [2.24, 2.45) is 11.8 Å². The van der Waals surface area contributed by atoms with Crippen molar-refractivity contribution < 1.29 is 33.0 Å². The molecule has 47 heavy (non-hydrogen) atoms. The molecule has 256 valence electrons. The molecule has 1 amide bonds. The van der Waals surface area contributed by atoms with E-state index in [1.165, 1.54) is 0 Å². The van der Waals surface area contributed by atoms with Crippen molar-refractivity contribution in [2.75, 3.05) is 13.7 Å². The van der Waals surface area contributed by atoms with Crippen LogP contribution in [0.5, 0.6) is 11.5 Å². The van der Waals surface area contributed by atoms with Crippen LogP contribution in [-0.2, 0) is 20.9 Å². The maximum Gasteiger partial charge on any atom is 0.415 e. The molecule has 2 unspecified atom stereocenters. The lowest BCUT2D eigenvalue weighted by atomic mass is 9.84. The van der Waals surface area contributed by atoms with Crippen LogP contribution in [0.2, 0.25) is 0 Å². The molecule has 0 spiro atoms. The van der Waals surface area contributed by atoms with Crippen LogP contribution in [0.15, 0.2) is 52.9 Å². The molecule has 1 heterocycles. The minimum absolute atomic E-state index is 0.0724. The maximum absolute atomic E-state index is 13.7. The number of rotatable bonds is 14. The third-order valence-electron chi connectivity index (χ3n) is 9.06. The number of methoxy groups -OCH3 is 1. The van der Waals surface area contributed by atoms with Crippen LogP contribution < -0.4 is 9.47 Å². The number of carbonyl (C=O) groups excluding carboxylic acids is 2. The molecule has 1 saturated carbocycles. The first-order valence-electron chi connectivity index (χ1n) is 16.9. The maximum atomic E-state index is 13.7. The first-order chi connectivity index (χ1) is 22.4. The Morgan fingerprint density at radius 3 is 2.45 bits per heavy atom. The summed E-state index contributed by atoms with van der Waals surface area (Å²) in [5.74, 6) is 2.12. The zero-order chi connectivity index (χ0) is 34.1. The van der Waals surface area contributed by atoms with Crippen molar-refractivity contribution in [3.8, 4) is 23.0 Å². The van der Waals surface area contributed by atoms with E-state index in [0.29, 0.717) is 49.3 Å². The molecule has 0 radical (unpaired) electrons. The van der Waals surface area contributed by atoms with E-state index in [0.717, 1.165) is 48.3 Å². The van der Waals surface area contributed by atoms with Gasteiger partial charge in [-0.3, -0.25) is 4.90 Å². The highest BCUT2D eigenvalue weighted by molar-refractivity contribution is 5.82. The lowest BCUT2D eigenvalue weighted by Gasteiger charge is -2.36. The Kier molecular flexibility index (Phi) is 12.5. The van der Waals surface area contributed by atoms with E-state index < -0.39 is 23.7 Å². The fourth-order valence-corrected chi connectivity index (χ4v) is 5.95. The van der Waals surface area contributed by atoms with Crippen molar-refractivity contribution in [1.29, 1.82) is 0 Å². The summed E-state index contributed by atoms with van der Waals surface area (Å²) in [7, 11) is 1.58. The summed E-state index contributed by atoms with van der Waals surface area (Å²) in [6.07, 6.45) is 4.75. The Hall–Kier alpha value is -3.85. The van der Waals surface area contributed by atoms with Crippen molar-refractivity contribution in [1.82, 2.24) is 9.88 Å². The standard InChI is InChI=1S/C38H52N2O7/c1-9-38(6,7)47-36(41)34(25(2)3)40(37(42)46-31-18-16-30(43-8)17-19-31)21-20-28-13-11-15-32(23-28)44-24-33-27(5)45-35(39-33)29-14-10-12-26(4)22-29/h10,12,14,16-19,22,25,28,32,34H,9,11,13,15,20-21,23-24H2,1-8H3/t28?,32?,34-/m0/s1. The predicted molar refractivity (Wildman–Crippen MR) is 181 cm³/mol. The van der Waals surface area contributed by atoms with Gasteiger partial charge in [0, 0.05) is 12.1 Å². The number of amides is 1. The number of hydrogen-bond donors (Lipinski definition) is 0. The molecular weight excluding hydrogens is 596 g/mol. The molecule has 4 rings (SSSR count). The van der Waals surface area contributed by atoms with Crippen molar-refractivity contribution >= 4 is 12.1 Å². The largest absolute Gasteiger partial charge is 0.497 e. The fraction of sp³-hybridized carbons (Fsp3) is 0.553. The zero-order valence-electron chi connectivity index (χ0n) is 29.3. The van der Waals surface area contributed by atoms with Gasteiger partial charge in [0.05, 0.1) is 19.8 Å². The van der Waals surface area contributed by atoms with E-state index in [1.54, 1.807) is 36.3 Å². The van der Waals surface area contributed by atoms with Gasteiger partial charge in [0.2, 0.25) is 5.89 Å². The van der Waals surface area contributed by atoms with E-state index >= 15 is 0 Å². The number of ether oxygens (including phenoxy) is 4. The van der Waals surface area contributed by atoms with Crippen LogP contribution in [0.25, 0.3) is 11.5 Å². The monoisotopic (exact) mass is 648 g/mol. The Balaban J connectivity index is 1.43. The molecule has 3 aromatic rings. The van der Waals surface area contributed by atoms with E-state index in [2.05, 4.69) is 6.07 Å². The third kappa shape index (κ3) is 10.1. The highest BCUT2D eigenvalue weighted by atomic mass is 16.6. The molecule has 9 nitrogen and oxygen atoms in total. The quantitative estimate of drug-likeness (QED) is 0.160. The van der Waals surface area contributed by atoms with E-state index in [-0.39, 0.29) is 12.0 Å². The number of esters is 1. The van der Waals surface area contributed by atoms with Gasteiger partial charge in [-0.2, -0.15) is 0 Å². The van der Waals surface area contributed by atoms with Crippen molar-refractivity contribution in [3.63, 3.8) is 0 Å². The van der Waals surface area contributed by atoms with Crippen LogP contribution >= 0.6 is 0 Å². The van der Waals surface area contributed by atoms with Gasteiger partial charge in [-0.25, -0.2) is 14.6 Å². The number of benzene rings is 2. The average molecular weight is 649 g/mol. The lowest BCUT2D eigenvalue weighted by molar-refractivity contribution is -0.164. The molecule has 0 bridgehead atoms. The number of hydrogen-bond acceptors (Lipinski definition) is 8. The lowest BCUT2D eigenvalue weighted by Crippen LogP contribution is -2.52. The molecule has 3 atom stereocenters. The second-order valence-electron chi connectivity index (χ2n) is 13.6. The van der Waals surface area contributed by atoms with Gasteiger partial charge in [-0.1, -0.05) is 51.3 Å². The van der Waals surface area contributed by atoms with Crippen LogP contribution in [0.4, 0.5) is 4.79 Å². The van der Waals surface area contributed by atoms with E-state index in [1.807, 2.05) is 66.7 Å². The van der Waals surface area contributed by atoms with Gasteiger partial charge in [0.25, 0.3) is 0 Å². The van der Waals surface area contributed by atoms with Gasteiger partial charge in [-0.15, -0.1) is 0 Å². The van der Waals surface area contributed by atoms with Crippen LogP contribution in [0, 0.1) is 25.7 Å². The van der Waals surface area contributed by atoms with E-state index in [4.69, 9.17) is 28.3 Å². The SMILES string of the molecule is CCC(C)(C)OC(=O)[C@H](C(C)C)N(CCC1CCCC(OCc2nc(-c3cccc(C)c3)oc2C)C1)C(=O)Oc1ccc(OC)cc1. The van der Waals surface area contributed by atoms with Crippen LogP contribution in [0.3, 0.4) is 0 Å². The molecule has 1 fully saturated rings. The number of carbonyl (C=O) groups is 2. The number of aromatic nitrogens is 1. The van der Waals surface area contributed by atoms with Gasteiger partial charge in [-0.05, 0) is 102 Å². The molecule has 1 aliphatic carbocycles. The Morgan fingerprint density at radius 1 is 1.06 bits per heavy atom. The molecule has 9 heteroatoms.